The molecule has 0 fully saturated rings. The van der Waals surface area contributed by atoms with Crippen LogP contribution in [0.4, 0.5) is 13.2 Å². The summed E-state index contributed by atoms with van der Waals surface area (Å²) in [4.78, 5) is 22.7. The van der Waals surface area contributed by atoms with Crippen LogP contribution in [0.25, 0.3) is 0 Å². The second kappa shape index (κ2) is 11.7. The third-order valence-electron chi connectivity index (χ3n) is 5.40. The first-order valence-electron chi connectivity index (χ1n) is 10.9. The summed E-state index contributed by atoms with van der Waals surface area (Å²) < 4.78 is 44.2. The van der Waals surface area contributed by atoms with Crippen LogP contribution in [-0.4, -0.2) is 29.7 Å². The van der Waals surface area contributed by atoms with Crippen LogP contribution in [0.5, 0.6) is 5.75 Å². The van der Waals surface area contributed by atoms with Gasteiger partial charge in [0, 0.05) is 18.5 Å². The lowest BCUT2D eigenvalue weighted by molar-refractivity contribution is -0.137. The summed E-state index contributed by atoms with van der Waals surface area (Å²) in [6, 6.07) is 10.2. The Morgan fingerprint density at radius 2 is 1.70 bits per heavy atom. The highest BCUT2D eigenvalue weighted by atomic mass is 19.4. The summed E-state index contributed by atoms with van der Waals surface area (Å²) in [5.41, 5.74) is 4.34. The summed E-state index contributed by atoms with van der Waals surface area (Å²) in [6.45, 7) is 6.03. The largest absolute Gasteiger partial charge is 0.486 e. The molecule has 0 aromatic heterocycles. The van der Waals surface area contributed by atoms with Crippen LogP contribution in [-0.2, 0) is 11.2 Å². The fourth-order valence-corrected chi connectivity index (χ4v) is 3.76. The minimum absolute atomic E-state index is 0.00551. The smallest absolute Gasteiger partial charge is 0.389 e. The van der Waals surface area contributed by atoms with Crippen LogP contribution in [0.15, 0.2) is 36.4 Å². The van der Waals surface area contributed by atoms with Gasteiger partial charge in [0.25, 0.3) is 5.91 Å². The number of hydrogen-bond donors (Lipinski definition) is 2. The standard InChI is InChI=1S/C25H30F3NO4/c1-4-21-16(2)14-20(15-17(21)3)33-22(6-5-12-25(26,27)28)18-7-9-19(10-8-18)24(32)29-13-11-23(30)31/h7-10,14-15,22H,4-6,11-13H2,1-3H3,(H,29,32)(H,30,31). The molecule has 0 aliphatic rings. The Balaban J connectivity index is 2.19. The quantitative estimate of drug-likeness (QED) is 0.432. The molecule has 0 heterocycles. The van der Waals surface area contributed by atoms with Gasteiger partial charge >= 0.3 is 12.1 Å². The molecule has 33 heavy (non-hydrogen) atoms. The third-order valence-corrected chi connectivity index (χ3v) is 5.40. The zero-order valence-corrected chi connectivity index (χ0v) is 19.1. The minimum Gasteiger partial charge on any atom is -0.486 e. The molecule has 1 unspecified atom stereocenters. The molecule has 1 amide bonds. The molecule has 5 nitrogen and oxygen atoms in total. The summed E-state index contributed by atoms with van der Waals surface area (Å²) in [5, 5.41) is 11.2. The highest BCUT2D eigenvalue weighted by molar-refractivity contribution is 5.94. The zero-order chi connectivity index (χ0) is 24.6. The number of hydrogen-bond acceptors (Lipinski definition) is 3. The Labute approximate surface area is 192 Å². The zero-order valence-electron chi connectivity index (χ0n) is 19.1. The maximum absolute atomic E-state index is 12.7. The summed E-state index contributed by atoms with van der Waals surface area (Å²) >= 11 is 0. The number of carbonyl (C=O) groups excluding carboxylic acids is 1. The molecule has 2 N–H and O–H groups in total. The number of aryl methyl sites for hydroxylation is 2. The van der Waals surface area contributed by atoms with Crippen LogP contribution >= 0.6 is 0 Å². The normalized spacial score (nSPS) is 12.3. The van der Waals surface area contributed by atoms with Gasteiger partial charge in [-0.3, -0.25) is 9.59 Å². The van der Waals surface area contributed by atoms with E-state index in [4.69, 9.17) is 9.84 Å². The van der Waals surface area contributed by atoms with E-state index < -0.39 is 30.6 Å². The lowest BCUT2D eigenvalue weighted by atomic mass is 9.99. The summed E-state index contributed by atoms with van der Waals surface area (Å²) in [7, 11) is 0. The highest BCUT2D eigenvalue weighted by Crippen LogP contribution is 2.32. The van der Waals surface area contributed by atoms with Gasteiger partial charge in [-0.2, -0.15) is 13.2 Å². The van der Waals surface area contributed by atoms with Crippen LogP contribution in [0.1, 0.15) is 71.3 Å². The third kappa shape index (κ3) is 8.44. The Hall–Kier alpha value is -3.03. The topological polar surface area (TPSA) is 75.6 Å². The van der Waals surface area contributed by atoms with E-state index >= 15 is 0 Å². The molecule has 0 radical (unpaired) electrons. The van der Waals surface area contributed by atoms with Gasteiger partial charge < -0.3 is 15.2 Å². The molecule has 0 saturated heterocycles. The molecule has 2 aromatic carbocycles. The number of benzene rings is 2. The molecular formula is C25H30F3NO4. The highest BCUT2D eigenvalue weighted by Gasteiger charge is 2.27. The predicted octanol–water partition coefficient (Wildman–Crippen LogP) is 5.92. The first kappa shape index (κ1) is 26.2. The van der Waals surface area contributed by atoms with Gasteiger partial charge in [-0.15, -0.1) is 0 Å². The number of nitrogens with one attached hydrogen (secondary N) is 1. The molecule has 2 aromatic rings. The van der Waals surface area contributed by atoms with Gasteiger partial charge in [-0.25, -0.2) is 0 Å². The molecular weight excluding hydrogens is 435 g/mol. The summed E-state index contributed by atoms with van der Waals surface area (Å²) in [6.07, 6.45) is -4.98. The van der Waals surface area contributed by atoms with Gasteiger partial charge in [-0.1, -0.05) is 19.1 Å². The average Bonchev–Trinajstić information content (AvgIpc) is 2.72. The number of carbonyl (C=O) groups is 2. The van der Waals surface area contributed by atoms with Crippen molar-refractivity contribution in [2.45, 2.75) is 65.2 Å². The van der Waals surface area contributed by atoms with Gasteiger partial charge in [0.05, 0.1) is 6.42 Å². The van der Waals surface area contributed by atoms with Crippen molar-refractivity contribution >= 4 is 11.9 Å². The maximum Gasteiger partial charge on any atom is 0.389 e. The van der Waals surface area contributed by atoms with Crippen molar-refractivity contribution in [3.63, 3.8) is 0 Å². The molecule has 1 atom stereocenters. The van der Waals surface area contributed by atoms with E-state index in [0.29, 0.717) is 16.9 Å². The van der Waals surface area contributed by atoms with E-state index in [9.17, 15) is 22.8 Å². The van der Waals surface area contributed by atoms with Crippen molar-refractivity contribution in [3.8, 4) is 5.75 Å². The second-order valence-corrected chi connectivity index (χ2v) is 8.02. The van der Waals surface area contributed by atoms with E-state index in [0.717, 1.165) is 17.5 Å². The number of halogens is 3. The van der Waals surface area contributed by atoms with E-state index in [1.165, 1.54) is 5.56 Å². The Morgan fingerprint density at radius 1 is 1.09 bits per heavy atom. The molecule has 0 bridgehead atoms. The maximum atomic E-state index is 12.7. The first-order chi connectivity index (χ1) is 15.5. The summed E-state index contributed by atoms with van der Waals surface area (Å²) in [5.74, 6) is -0.838. The van der Waals surface area contributed by atoms with E-state index in [1.807, 2.05) is 26.0 Å². The van der Waals surface area contributed by atoms with Crippen LogP contribution in [0, 0.1) is 13.8 Å². The molecule has 0 aliphatic carbocycles. The minimum atomic E-state index is -4.24. The molecule has 0 spiro atoms. The number of aliphatic carboxylic acids is 1. The molecule has 180 valence electrons. The number of amides is 1. The van der Waals surface area contributed by atoms with Gasteiger partial charge in [0.2, 0.25) is 0 Å². The van der Waals surface area contributed by atoms with Crippen molar-refractivity contribution in [1.82, 2.24) is 5.32 Å². The fourth-order valence-electron chi connectivity index (χ4n) is 3.76. The van der Waals surface area contributed by atoms with Crippen molar-refractivity contribution in [2.75, 3.05) is 6.54 Å². The van der Waals surface area contributed by atoms with Crippen molar-refractivity contribution in [1.29, 1.82) is 0 Å². The number of ether oxygens (including phenoxy) is 1. The van der Waals surface area contributed by atoms with Gasteiger partial charge in [0.15, 0.2) is 0 Å². The van der Waals surface area contributed by atoms with E-state index in [-0.39, 0.29) is 25.8 Å². The Kier molecular flexibility index (Phi) is 9.32. The SMILES string of the molecule is CCc1c(C)cc(OC(CCCC(F)(F)F)c2ccc(C(=O)NCCC(=O)O)cc2)cc1C. The fraction of sp³-hybridized carbons (Fsp3) is 0.440. The number of alkyl halides is 3. The second-order valence-electron chi connectivity index (χ2n) is 8.02. The molecule has 0 aliphatic heterocycles. The molecule has 0 saturated carbocycles. The van der Waals surface area contributed by atoms with E-state index in [2.05, 4.69) is 12.2 Å². The average molecular weight is 466 g/mol. The van der Waals surface area contributed by atoms with Crippen molar-refractivity contribution < 1.29 is 32.6 Å². The number of carboxylic acids is 1. The number of carboxylic acid groups (broad SMARTS) is 1. The van der Waals surface area contributed by atoms with Gasteiger partial charge in [-0.05, 0) is 79.6 Å². The van der Waals surface area contributed by atoms with Crippen molar-refractivity contribution in [3.05, 3.63) is 64.2 Å². The predicted molar refractivity (Wildman–Crippen MR) is 120 cm³/mol. The Morgan fingerprint density at radius 3 is 2.21 bits per heavy atom. The first-order valence-corrected chi connectivity index (χ1v) is 10.9. The Bertz CT molecular complexity index is 932. The number of rotatable bonds is 11. The van der Waals surface area contributed by atoms with E-state index in [1.54, 1.807) is 24.3 Å². The van der Waals surface area contributed by atoms with Gasteiger partial charge in [0.1, 0.15) is 11.9 Å². The van der Waals surface area contributed by atoms with Crippen LogP contribution in [0.3, 0.4) is 0 Å². The molecule has 8 heteroatoms. The van der Waals surface area contributed by atoms with Crippen LogP contribution in [0.2, 0.25) is 0 Å². The lowest BCUT2D eigenvalue weighted by Crippen LogP contribution is -2.26. The monoisotopic (exact) mass is 465 g/mol. The lowest BCUT2D eigenvalue weighted by Gasteiger charge is -2.22. The van der Waals surface area contributed by atoms with Crippen molar-refractivity contribution in [2.24, 2.45) is 0 Å². The van der Waals surface area contributed by atoms with Crippen LogP contribution < -0.4 is 10.1 Å². The molecule has 2 rings (SSSR count).